The molecule has 96 valence electrons. The monoisotopic (exact) mass is 319 g/mol. The molecule has 0 spiro atoms. The number of carbonyl (C=O) groups excluding carboxylic acids is 1. The number of hydrogen-bond donors (Lipinski definition) is 1. The first-order valence-corrected chi connectivity index (χ1v) is 7.41. The molecule has 1 N–H and O–H groups in total. The number of hydrogen-bond acceptors (Lipinski definition) is 3. The molecule has 0 aliphatic rings. The van der Waals surface area contributed by atoms with Crippen molar-refractivity contribution in [2.45, 2.75) is 32.7 Å². The van der Waals surface area contributed by atoms with Crippen LogP contribution in [0.2, 0.25) is 0 Å². The van der Waals surface area contributed by atoms with Gasteiger partial charge in [0.05, 0.1) is 10.3 Å². The number of aliphatic hydroxyl groups is 1. The van der Waals surface area contributed by atoms with Gasteiger partial charge in [0.25, 0.3) is 0 Å². The van der Waals surface area contributed by atoms with E-state index >= 15 is 0 Å². The van der Waals surface area contributed by atoms with Gasteiger partial charge in [0, 0.05) is 24.4 Å². The summed E-state index contributed by atoms with van der Waals surface area (Å²) in [5, 5.41) is 8.68. The Balaban J connectivity index is 2.44. The van der Waals surface area contributed by atoms with Gasteiger partial charge in [0.15, 0.2) is 0 Å². The van der Waals surface area contributed by atoms with E-state index in [2.05, 4.69) is 15.9 Å². The molecule has 0 aromatic carbocycles. The molecule has 0 atom stereocenters. The Morgan fingerprint density at radius 1 is 1.47 bits per heavy atom. The summed E-state index contributed by atoms with van der Waals surface area (Å²) in [5.74, 6) is 0.172. The summed E-state index contributed by atoms with van der Waals surface area (Å²) in [6.07, 6.45) is 1.99. The normalized spacial score (nSPS) is 10.5. The van der Waals surface area contributed by atoms with E-state index in [0.29, 0.717) is 19.4 Å². The lowest BCUT2D eigenvalue weighted by molar-refractivity contribution is -0.131. The molecule has 1 amide bonds. The van der Waals surface area contributed by atoms with Crippen LogP contribution < -0.4 is 0 Å². The van der Waals surface area contributed by atoms with E-state index < -0.39 is 0 Å². The van der Waals surface area contributed by atoms with Gasteiger partial charge in [-0.25, -0.2) is 0 Å². The molecular formula is C12H18BrNO2S. The third-order valence-electron chi connectivity index (χ3n) is 2.51. The molecule has 0 aliphatic carbocycles. The number of thiophene rings is 1. The molecule has 0 unspecified atom stereocenters. The van der Waals surface area contributed by atoms with E-state index in [1.165, 1.54) is 4.88 Å². The maximum absolute atomic E-state index is 11.9. The summed E-state index contributed by atoms with van der Waals surface area (Å²) < 4.78 is 1.09. The molecular weight excluding hydrogens is 302 g/mol. The zero-order valence-corrected chi connectivity index (χ0v) is 12.4. The van der Waals surface area contributed by atoms with E-state index in [1.54, 1.807) is 11.3 Å². The first-order valence-electron chi connectivity index (χ1n) is 5.80. The topological polar surface area (TPSA) is 40.5 Å². The summed E-state index contributed by atoms with van der Waals surface area (Å²) >= 11 is 5.08. The van der Waals surface area contributed by atoms with Crippen LogP contribution in [0.3, 0.4) is 0 Å². The third kappa shape index (κ3) is 5.19. The summed E-state index contributed by atoms with van der Waals surface area (Å²) in [5.41, 5.74) is 0. The zero-order chi connectivity index (χ0) is 12.7. The lowest BCUT2D eigenvalue weighted by Gasteiger charge is -2.20. The highest BCUT2D eigenvalue weighted by molar-refractivity contribution is 9.11. The number of amides is 1. The highest BCUT2D eigenvalue weighted by Crippen LogP contribution is 2.23. The fourth-order valence-electron chi connectivity index (χ4n) is 1.55. The van der Waals surface area contributed by atoms with Crippen molar-refractivity contribution in [2.24, 2.45) is 0 Å². The van der Waals surface area contributed by atoms with E-state index in [1.807, 2.05) is 24.0 Å². The van der Waals surface area contributed by atoms with Crippen LogP contribution in [0, 0.1) is 0 Å². The lowest BCUT2D eigenvalue weighted by atomic mass is 10.2. The summed E-state index contributed by atoms with van der Waals surface area (Å²) in [6.45, 7) is 3.57. The lowest BCUT2D eigenvalue weighted by Crippen LogP contribution is -2.29. The van der Waals surface area contributed by atoms with Gasteiger partial charge in [-0.05, 0) is 47.8 Å². The summed E-state index contributed by atoms with van der Waals surface area (Å²) in [6, 6.07) is 4.04. The minimum absolute atomic E-state index is 0.164. The maximum atomic E-state index is 11.9. The smallest absolute Gasteiger partial charge is 0.222 e. The van der Waals surface area contributed by atoms with Crippen molar-refractivity contribution in [3.05, 3.63) is 20.8 Å². The van der Waals surface area contributed by atoms with Crippen molar-refractivity contribution in [3.63, 3.8) is 0 Å². The van der Waals surface area contributed by atoms with Crippen LogP contribution in [-0.2, 0) is 11.3 Å². The Labute approximate surface area is 115 Å². The van der Waals surface area contributed by atoms with Crippen LogP contribution in [0.15, 0.2) is 15.9 Å². The van der Waals surface area contributed by atoms with Gasteiger partial charge in [0.2, 0.25) is 5.91 Å². The van der Waals surface area contributed by atoms with E-state index in [0.717, 1.165) is 16.8 Å². The number of aliphatic hydroxyl groups excluding tert-OH is 1. The molecule has 17 heavy (non-hydrogen) atoms. The van der Waals surface area contributed by atoms with Gasteiger partial charge in [-0.15, -0.1) is 11.3 Å². The predicted molar refractivity (Wildman–Crippen MR) is 74.0 cm³/mol. The fraction of sp³-hybridized carbons (Fsp3) is 0.583. The van der Waals surface area contributed by atoms with Crippen molar-refractivity contribution in [1.29, 1.82) is 0 Å². The fourth-order valence-corrected chi connectivity index (χ4v) is 3.05. The van der Waals surface area contributed by atoms with Crippen LogP contribution in [-0.4, -0.2) is 29.1 Å². The number of rotatable bonds is 7. The van der Waals surface area contributed by atoms with E-state index in [-0.39, 0.29) is 12.5 Å². The number of nitrogens with zero attached hydrogens (tertiary/aromatic N) is 1. The molecule has 1 aromatic heterocycles. The van der Waals surface area contributed by atoms with Gasteiger partial charge in [-0.3, -0.25) is 4.79 Å². The maximum Gasteiger partial charge on any atom is 0.222 e. The van der Waals surface area contributed by atoms with Crippen LogP contribution in [0.25, 0.3) is 0 Å². The van der Waals surface area contributed by atoms with E-state index in [9.17, 15) is 4.79 Å². The first kappa shape index (κ1) is 14.7. The Hall–Kier alpha value is -0.390. The second-order valence-corrected chi connectivity index (χ2v) is 6.34. The van der Waals surface area contributed by atoms with Crippen molar-refractivity contribution in [3.8, 4) is 0 Å². The molecule has 0 saturated heterocycles. The van der Waals surface area contributed by atoms with Gasteiger partial charge in [-0.1, -0.05) is 0 Å². The Morgan fingerprint density at radius 2 is 2.24 bits per heavy atom. The van der Waals surface area contributed by atoms with Gasteiger partial charge in [0.1, 0.15) is 0 Å². The molecule has 0 fully saturated rings. The van der Waals surface area contributed by atoms with E-state index in [4.69, 9.17) is 5.11 Å². The number of carbonyl (C=O) groups is 1. The second-order valence-electron chi connectivity index (χ2n) is 3.79. The molecule has 3 nitrogen and oxygen atoms in total. The third-order valence-corrected chi connectivity index (χ3v) is 4.12. The molecule has 0 saturated carbocycles. The first-order chi connectivity index (χ1) is 8.17. The van der Waals surface area contributed by atoms with Gasteiger partial charge >= 0.3 is 0 Å². The standard InChI is InChI=1S/C12H18BrNO2S/c1-2-14(12(16)5-3-4-8-15)9-10-6-7-11(13)17-10/h6-7,15H,2-5,8-9H2,1H3. The van der Waals surface area contributed by atoms with Crippen molar-refractivity contribution in [2.75, 3.05) is 13.2 Å². The highest BCUT2D eigenvalue weighted by Gasteiger charge is 2.12. The average Bonchev–Trinajstić information content (AvgIpc) is 2.72. The quantitative estimate of drug-likeness (QED) is 0.785. The summed E-state index contributed by atoms with van der Waals surface area (Å²) in [4.78, 5) is 14.9. The Bertz CT molecular complexity index is 354. The van der Waals surface area contributed by atoms with Crippen LogP contribution in [0.1, 0.15) is 31.1 Å². The van der Waals surface area contributed by atoms with Crippen molar-refractivity contribution in [1.82, 2.24) is 4.90 Å². The van der Waals surface area contributed by atoms with Crippen LogP contribution in [0.4, 0.5) is 0 Å². The van der Waals surface area contributed by atoms with Crippen LogP contribution >= 0.6 is 27.3 Å². The molecule has 1 rings (SSSR count). The Morgan fingerprint density at radius 3 is 2.76 bits per heavy atom. The molecule has 5 heteroatoms. The van der Waals surface area contributed by atoms with Crippen molar-refractivity contribution < 1.29 is 9.90 Å². The molecule has 1 aromatic rings. The molecule has 0 bridgehead atoms. The zero-order valence-electron chi connectivity index (χ0n) is 9.99. The Kier molecular flexibility index (Phi) is 6.77. The number of halogens is 1. The minimum atomic E-state index is 0.164. The number of unbranched alkanes of at least 4 members (excludes halogenated alkanes) is 1. The predicted octanol–water partition coefficient (Wildman–Crippen LogP) is 3.02. The summed E-state index contributed by atoms with van der Waals surface area (Å²) in [7, 11) is 0. The average molecular weight is 320 g/mol. The van der Waals surface area contributed by atoms with Crippen molar-refractivity contribution >= 4 is 33.2 Å². The SMILES string of the molecule is CCN(Cc1ccc(Br)s1)C(=O)CCCCO. The highest BCUT2D eigenvalue weighted by atomic mass is 79.9. The second kappa shape index (κ2) is 7.84. The molecule has 0 radical (unpaired) electrons. The largest absolute Gasteiger partial charge is 0.396 e. The minimum Gasteiger partial charge on any atom is -0.396 e. The van der Waals surface area contributed by atoms with Gasteiger partial charge < -0.3 is 10.0 Å². The van der Waals surface area contributed by atoms with Gasteiger partial charge in [-0.2, -0.15) is 0 Å². The van der Waals surface area contributed by atoms with Crippen LogP contribution in [0.5, 0.6) is 0 Å². The molecule has 0 aliphatic heterocycles. The molecule has 1 heterocycles.